The molecule has 0 radical (unpaired) electrons. The zero-order valence-electron chi connectivity index (χ0n) is 12.8. The van der Waals surface area contributed by atoms with E-state index in [2.05, 4.69) is 5.32 Å². The van der Waals surface area contributed by atoms with E-state index in [0.717, 1.165) is 25.1 Å². The molecule has 1 aliphatic rings. The smallest absolute Gasteiger partial charge is 0.253 e. The first-order valence-electron chi connectivity index (χ1n) is 7.38. The summed E-state index contributed by atoms with van der Waals surface area (Å²) >= 11 is 0. The predicted octanol–water partition coefficient (Wildman–Crippen LogP) is 1.10. The molecule has 21 heavy (non-hydrogen) atoms. The van der Waals surface area contributed by atoms with Gasteiger partial charge in [0.05, 0.1) is 0 Å². The Bertz CT molecular complexity index is 499. The maximum absolute atomic E-state index is 12.2. The van der Waals surface area contributed by atoms with Crippen molar-refractivity contribution in [2.45, 2.75) is 19.4 Å². The van der Waals surface area contributed by atoms with Crippen LogP contribution in [0.15, 0.2) is 24.3 Å². The average Bonchev–Trinajstić information content (AvgIpc) is 2.90. The van der Waals surface area contributed by atoms with E-state index in [0.29, 0.717) is 25.1 Å². The molecule has 1 fully saturated rings. The molecule has 1 aromatic rings. The van der Waals surface area contributed by atoms with Gasteiger partial charge in [-0.1, -0.05) is 12.1 Å². The summed E-state index contributed by atoms with van der Waals surface area (Å²) in [6.07, 6.45) is 1.61. The monoisotopic (exact) mass is 289 g/mol. The summed E-state index contributed by atoms with van der Waals surface area (Å²) in [6, 6.07) is 7.55. The number of nitrogens with zero attached hydrogens (tertiary/aromatic N) is 2. The van der Waals surface area contributed by atoms with Crippen LogP contribution in [0, 0.1) is 0 Å². The molecule has 1 heterocycles. The summed E-state index contributed by atoms with van der Waals surface area (Å²) in [7, 11) is 3.67. The molecule has 114 valence electrons. The molecule has 2 amide bonds. The average molecular weight is 289 g/mol. The highest BCUT2D eigenvalue weighted by molar-refractivity contribution is 5.94. The zero-order chi connectivity index (χ0) is 15.2. The quantitative estimate of drug-likeness (QED) is 0.853. The minimum Gasteiger partial charge on any atom is -0.340 e. The first-order valence-corrected chi connectivity index (χ1v) is 7.38. The maximum atomic E-state index is 12.2. The SMILES string of the molecule is CNCCN(C)C(=O)c1ccc(CN2CCCC2=O)cc1. The third-order valence-electron chi connectivity index (χ3n) is 3.79. The number of hydrogen-bond donors (Lipinski definition) is 1. The van der Waals surface area contributed by atoms with Gasteiger partial charge in [-0.3, -0.25) is 9.59 Å². The van der Waals surface area contributed by atoms with E-state index in [-0.39, 0.29) is 11.8 Å². The van der Waals surface area contributed by atoms with Crippen LogP contribution >= 0.6 is 0 Å². The minimum absolute atomic E-state index is 0.0223. The molecular formula is C16H23N3O2. The Morgan fingerprint density at radius 1 is 1.33 bits per heavy atom. The lowest BCUT2D eigenvalue weighted by Gasteiger charge is -2.18. The highest BCUT2D eigenvalue weighted by Gasteiger charge is 2.20. The van der Waals surface area contributed by atoms with E-state index < -0.39 is 0 Å². The molecule has 0 aliphatic carbocycles. The highest BCUT2D eigenvalue weighted by atomic mass is 16.2. The number of carbonyl (C=O) groups is 2. The molecule has 0 aromatic heterocycles. The summed E-state index contributed by atoms with van der Waals surface area (Å²) < 4.78 is 0. The summed E-state index contributed by atoms with van der Waals surface area (Å²) in [4.78, 5) is 27.4. The van der Waals surface area contributed by atoms with Crippen molar-refractivity contribution in [2.24, 2.45) is 0 Å². The zero-order valence-corrected chi connectivity index (χ0v) is 12.8. The molecule has 1 saturated heterocycles. The fourth-order valence-electron chi connectivity index (χ4n) is 2.45. The molecule has 1 aliphatic heterocycles. The number of likely N-dealkylation sites (N-methyl/N-ethyl adjacent to an activating group) is 2. The van der Waals surface area contributed by atoms with Crippen LogP contribution in [0.4, 0.5) is 0 Å². The topological polar surface area (TPSA) is 52.7 Å². The van der Waals surface area contributed by atoms with Crippen LogP contribution in [0.1, 0.15) is 28.8 Å². The van der Waals surface area contributed by atoms with Crippen molar-refractivity contribution >= 4 is 11.8 Å². The van der Waals surface area contributed by atoms with Crippen LogP contribution < -0.4 is 5.32 Å². The Balaban J connectivity index is 1.95. The van der Waals surface area contributed by atoms with Crippen molar-refractivity contribution in [1.82, 2.24) is 15.1 Å². The van der Waals surface area contributed by atoms with Crippen LogP contribution in [0.3, 0.4) is 0 Å². The van der Waals surface area contributed by atoms with Gasteiger partial charge >= 0.3 is 0 Å². The van der Waals surface area contributed by atoms with Crippen LogP contribution in [-0.2, 0) is 11.3 Å². The van der Waals surface area contributed by atoms with E-state index in [4.69, 9.17) is 0 Å². The van der Waals surface area contributed by atoms with Crippen molar-refractivity contribution in [2.75, 3.05) is 33.7 Å². The van der Waals surface area contributed by atoms with E-state index in [9.17, 15) is 9.59 Å². The Morgan fingerprint density at radius 2 is 2.05 bits per heavy atom. The van der Waals surface area contributed by atoms with Crippen molar-refractivity contribution in [3.63, 3.8) is 0 Å². The van der Waals surface area contributed by atoms with Crippen molar-refractivity contribution in [3.05, 3.63) is 35.4 Å². The number of carbonyl (C=O) groups excluding carboxylic acids is 2. The standard InChI is InChI=1S/C16H23N3O2/c1-17-9-11-18(2)16(21)14-7-5-13(6-8-14)12-19-10-3-4-15(19)20/h5-8,17H,3-4,9-12H2,1-2H3. The van der Waals surface area contributed by atoms with Gasteiger partial charge < -0.3 is 15.1 Å². The Labute approximate surface area is 125 Å². The maximum Gasteiger partial charge on any atom is 0.253 e. The highest BCUT2D eigenvalue weighted by Crippen LogP contribution is 2.15. The number of benzene rings is 1. The van der Waals surface area contributed by atoms with E-state index in [1.165, 1.54) is 0 Å². The summed E-state index contributed by atoms with van der Waals surface area (Å²) in [5.74, 6) is 0.246. The van der Waals surface area contributed by atoms with Crippen LogP contribution in [0.25, 0.3) is 0 Å². The van der Waals surface area contributed by atoms with Crippen molar-refractivity contribution < 1.29 is 9.59 Å². The molecule has 5 nitrogen and oxygen atoms in total. The van der Waals surface area contributed by atoms with Gasteiger partial charge in [-0.15, -0.1) is 0 Å². The fraction of sp³-hybridized carbons (Fsp3) is 0.500. The van der Waals surface area contributed by atoms with E-state index >= 15 is 0 Å². The number of likely N-dealkylation sites (tertiary alicyclic amines) is 1. The third kappa shape index (κ3) is 4.04. The van der Waals surface area contributed by atoms with Gasteiger partial charge in [0.15, 0.2) is 0 Å². The summed E-state index contributed by atoms with van der Waals surface area (Å²) in [5, 5.41) is 3.03. The molecule has 5 heteroatoms. The molecule has 1 aromatic carbocycles. The summed E-state index contributed by atoms with van der Waals surface area (Å²) in [5.41, 5.74) is 1.75. The molecule has 0 atom stereocenters. The molecule has 0 unspecified atom stereocenters. The van der Waals surface area contributed by atoms with Gasteiger partial charge in [-0.2, -0.15) is 0 Å². The molecule has 0 bridgehead atoms. The Hall–Kier alpha value is -1.88. The molecule has 1 N–H and O–H groups in total. The lowest BCUT2D eigenvalue weighted by Crippen LogP contribution is -2.32. The second kappa shape index (κ2) is 7.22. The second-order valence-corrected chi connectivity index (χ2v) is 5.45. The van der Waals surface area contributed by atoms with Crippen molar-refractivity contribution in [3.8, 4) is 0 Å². The fourth-order valence-corrected chi connectivity index (χ4v) is 2.45. The Morgan fingerprint density at radius 3 is 2.62 bits per heavy atom. The van der Waals surface area contributed by atoms with Gasteiger partial charge in [-0.05, 0) is 31.2 Å². The van der Waals surface area contributed by atoms with Gasteiger partial charge in [0.25, 0.3) is 5.91 Å². The van der Waals surface area contributed by atoms with Gasteiger partial charge in [-0.25, -0.2) is 0 Å². The minimum atomic E-state index is 0.0223. The van der Waals surface area contributed by atoms with Crippen LogP contribution in [0.5, 0.6) is 0 Å². The van der Waals surface area contributed by atoms with Crippen LogP contribution in [0.2, 0.25) is 0 Å². The third-order valence-corrected chi connectivity index (χ3v) is 3.79. The van der Waals surface area contributed by atoms with Gasteiger partial charge in [0.1, 0.15) is 0 Å². The lowest BCUT2D eigenvalue weighted by atomic mass is 10.1. The second-order valence-electron chi connectivity index (χ2n) is 5.45. The molecule has 2 rings (SSSR count). The van der Waals surface area contributed by atoms with Crippen molar-refractivity contribution in [1.29, 1.82) is 0 Å². The Kier molecular flexibility index (Phi) is 5.33. The van der Waals surface area contributed by atoms with Gasteiger partial charge in [0.2, 0.25) is 5.91 Å². The predicted molar refractivity (Wildman–Crippen MR) is 82.0 cm³/mol. The number of nitrogens with one attached hydrogen (secondary N) is 1. The number of amides is 2. The molecule has 0 spiro atoms. The first kappa shape index (κ1) is 15.5. The first-order chi connectivity index (χ1) is 10.1. The molecular weight excluding hydrogens is 266 g/mol. The lowest BCUT2D eigenvalue weighted by molar-refractivity contribution is -0.128. The number of hydrogen-bond acceptors (Lipinski definition) is 3. The number of rotatable bonds is 6. The van der Waals surface area contributed by atoms with E-state index in [1.54, 1.807) is 11.9 Å². The van der Waals surface area contributed by atoms with Crippen LogP contribution in [-0.4, -0.2) is 55.3 Å². The normalized spacial score (nSPS) is 14.6. The molecule has 0 saturated carbocycles. The van der Waals surface area contributed by atoms with E-state index in [1.807, 2.05) is 36.2 Å². The largest absolute Gasteiger partial charge is 0.340 e. The summed E-state index contributed by atoms with van der Waals surface area (Å²) in [6.45, 7) is 2.94. The van der Waals surface area contributed by atoms with Gasteiger partial charge in [0, 0.05) is 45.2 Å².